The maximum atomic E-state index is 12.9. The average Bonchev–Trinajstić information content (AvgIpc) is 2.25. The average molecular weight is 202 g/mol. The Balaban J connectivity index is 2.73. The summed E-state index contributed by atoms with van der Waals surface area (Å²) in [5.74, 6) is -4.05. The lowest BCUT2D eigenvalue weighted by Crippen LogP contribution is -2.43. The summed E-state index contributed by atoms with van der Waals surface area (Å²) >= 11 is 5.06. The highest BCUT2D eigenvalue weighted by Crippen LogP contribution is 2.39. The molecule has 1 aliphatic rings. The maximum absolute atomic E-state index is 12.9. The van der Waals surface area contributed by atoms with Crippen molar-refractivity contribution in [1.82, 2.24) is 4.84 Å². The van der Waals surface area contributed by atoms with E-state index >= 15 is 0 Å². The van der Waals surface area contributed by atoms with Crippen molar-refractivity contribution < 1.29 is 19.0 Å². The highest BCUT2D eigenvalue weighted by Gasteiger charge is 2.56. The summed E-state index contributed by atoms with van der Waals surface area (Å²) in [5, 5.41) is 17.6. The quantitative estimate of drug-likeness (QED) is 0.556. The van der Waals surface area contributed by atoms with E-state index in [2.05, 4.69) is 0 Å². The molecule has 0 radical (unpaired) electrons. The van der Waals surface area contributed by atoms with Crippen LogP contribution in [0.3, 0.4) is 0 Å². The van der Waals surface area contributed by atoms with Crippen LogP contribution in [0, 0.1) is 5.92 Å². The highest BCUT2D eigenvalue weighted by molar-refractivity contribution is 6.13. The first-order valence-corrected chi connectivity index (χ1v) is 3.94. The zero-order valence-corrected chi connectivity index (χ0v) is 6.93. The van der Waals surface area contributed by atoms with Gasteiger partial charge in [0.1, 0.15) is 6.10 Å². The molecule has 0 spiro atoms. The number of halogens is 3. The second kappa shape index (κ2) is 3.41. The lowest BCUT2D eigenvalue weighted by molar-refractivity contribution is -0.112. The molecule has 0 aliphatic heterocycles. The Bertz CT molecular complexity index is 166. The van der Waals surface area contributed by atoms with Crippen molar-refractivity contribution >= 4 is 11.8 Å². The summed E-state index contributed by atoms with van der Waals surface area (Å²) in [4.78, 5) is 1.90. The largest absolute Gasteiger partial charge is 0.396 e. The fraction of sp³-hybridized carbons (Fsp3) is 1.00. The molecule has 1 rings (SSSR count). The first-order valence-electron chi connectivity index (χ1n) is 3.57. The molecular weight excluding hydrogens is 192 g/mol. The third-order valence-electron chi connectivity index (χ3n) is 2.21. The fourth-order valence-electron chi connectivity index (χ4n) is 1.40. The molecule has 0 bridgehead atoms. The van der Waals surface area contributed by atoms with Crippen molar-refractivity contribution in [2.45, 2.75) is 24.5 Å². The Morgan fingerprint density at radius 3 is 2.42 bits per heavy atom. The third kappa shape index (κ3) is 1.42. The maximum Gasteiger partial charge on any atom is 0.289 e. The molecule has 0 aromatic rings. The van der Waals surface area contributed by atoms with Crippen LogP contribution in [0.4, 0.5) is 8.78 Å². The van der Waals surface area contributed by atoms with Crippen molar-refractivity contribution in [2.24, 2.45) is 5.92 Å². The van der Waals surface area contributed by atoms with Crippen LogP contribution in [0.1, 0.15) is 6.42 Å². The molecule has 1 aliphatic carbocycles. The fourth-order valence-corrected chi connectivity index (χ4v) is 1.64. The molecule has 1 saturated carbocycles. The Hall–Kier alpha value is 0.0300. The van der Waals surface area contributed by atoms with Gasteiger partial charge in [0.25, 0.3) is 5.92 Å². The van der Waals surface area contributed by atoms with E-state index in [9.17, 15) is 8.78 Å². The Kier molecular flexibility index (Phi) is 2.88. The summed E-state index contributed by atoms with van der Waals surface area (Å²) in [6, 6.07) is -1.26. The summed E-state index contributed by atoms with van der Waals surface area (Å²) in [6.45, 7) is -0.453. The van der Waals surface area contributed by atoms with Gasteiger partial charge in [0.15, 0.2) is 0 Å². The van der Waals surface area contributed by atoms with E-state index in [1.807, 2.05) is 4.84 Å². The molecule has 6 heteroatoms. The van der Waals surface area contributed by atoms with Crippen LogP contribution in [0.15, 0.2) is 0 Å². The molecule has 0 saturated heterocycles. The van der Waals surface area contributed by atoms with Crippen molar-refractivity contribution in [1.29, 1.82) is 0 Å². The molecule has 0 aromatic carbocycles. The lowest BCUT2D eigenvalue weighted by atomic mass is 10.1. The minimum absolute atomic E-state index is 0.0197. The first kappa shape index (κ1) is 10.1. The number of hydrogen-bond donors (Lipinski definition) is 3. The highest BCUT2D eigenvalue weighted by atomic mass is 35.5. The molecule has 0 heterocycles. The zero-order valence-electron chi connectivity index (χ0n) is 6.17. The summed E-state index contributed by atoms with van der Waals surface area (Å²) in [5.41, 5.74) is 0. The van der Waals surface area contributed by atoms with Gasteiger partial charge in [-0.05, 0) is 18.2 Å². The molecule has 3 nitrogen and oxygen atoms in total. The minimum atomic E-state index is -3.25. The molecule has 3 N–H and O–H groups in total. The third-order valence-corrected chi connectivity index (χ3v) is 2.47. The standard InChI is InChI=1S/C6H10ClF2NO2/c7-10-4-1-3(2-11)5(12)6(4,8)9/h3-5,10-12H,1-2H2/t3-,4-,5-/m1/s1. The molecule has 0 amide bonds. The van der Waals surface area contributed by atoms with E-state index in [1.54, 1.807) is 0 Å². The monoisotopic (exact) mass is 201 g/mol. The lowest BCUT2D eigenvalue weighted by Gasteiger charge is -2.20. The van der Waals surface area contributed by atoms with Gasteiger partial charge in [0.05, 0.1) is 6.04 Å². The van der Waals surface area contributed by atoms with Gasteiger partial charge in [-0.3, -0.25) is 0 Å². The van der Waals surface area contributed by atoms with Gasteiger partial charge in [0.2, 0.25) is 0 Å². The second-order valence-corrected chi connectivity index (χ2v) is 3.18. The number of nitrogens with one attached hydrogen (secondary N) is 1. The summed E-state index contributed by atoms with van der Waals surface area (Å²) in [6.07, 6.45) is -1.83. The SMILES string of the molecule is OC[C@H]1C[C@@H](NCl)C(F)(F)[C@@H]1O. The van der Waals surface area contributed by atoms with Gasteiger partial charge in [-0.15, -0.1) is 0 Å². The summed E-state index contributed by atoms with van der Waals surface area (Å²) in [7, 11) is 0. The Morgan fingerprint density at radius 2 is 2.17 bits per heavy atom. The number of alkyl halides is 2. The number of rotatable bonds is 2. The second-order valence-electron chi connectivity index (χ2n) is 2.96. The number of aliphatic hydroxyl groups excluding tert-OH is 2. The van der Waals surface area contributed by atoms with Crippen LogP contribution in [-0.4, -0.2) is 34.9 Å². The van der Waals surface area contributed by atoms with E-state index in [-0.39, 0.29) is 6.42 Å². The topological polar surface area (TPSA) is 52.5 Å². The molecule has 12 heavy (non-hydrogen) atoms. The number of aliphatic hydroxyl groups is 2. The van der Waals surface area contributed by atoms with Crippen LogP contribution < -0.4 is 4.84 Å². The Labute approximate surface area is 73.4 Å². The van der Waals surface area contributed by atoms with E-state index in [4.69, 9.17) is 22.0 Å². The van der Waals surface area contributed by atoms with Crippen LogP contribution in [0.2, 0.25) is 0 Å². The van der Waals surface area contributed by atoms with Gasteiger partial charge in [-0.25, -0.2) is 13.6 Å². The van der Waals surface area contributed by atoms with Gasteiger partial charge < -0.3 is 10.2 Å². The van der Waals surface area contributed by atoms with Crippen molar-refractivity contribution in [2.75, 3.05) is 6.61 Å². The van der Waals surface area contributed by atoms with E-state index in [0.717, 1.165) is 0 Å². The smallest absolute Gasteiger partial charge is 0.289 e. The van der Waals surface area contributed by atoms with Gasteiger partial charge in [-0.1, -0.05) is 0 Å². The van der Waals surface area contributed by atoms with E-state index < -0.39 is 30.6 Å². The Morgan fingerprint density at radius 1 is 1.58 bits per heavy atom. The molecular formula is C6H10ClF2NO2. The normalized spacial score (nSPS) is 40.2. The number of hydrogen-bond acceptors (Lipinski definition) is 3. The molecule has 0 unspecified atom stereocenters. The molecule has 3 atom stereocenters. The van der Waals surface area contributed by atoms with Crippen LogP contribution >= 0.6 is 11.8 Å². The van der Waals surface area contributed by atoms with E-state index in [1.165, 1.54) is 0 Å². The van der Waals surface area contributed by atoms with Crippen LogP contribution in [0.5, 0.6) is 0 Å². The van der Waals surface area contributed by atoms with Crippen molar-refractivity contribution in [3.63, 3.8) is 0 Å². The van der Waals surface area contributed by atoms with Gasteiger partial charge >= 0.3 is 0 Å². The predicted molar refractivity (Wildman–Crippen MR) is 38.9 cm³/mol. The van der Waals surface area contributed by atoms with Crippen LogP contribution in [-0.2, 0) is 0 Å². The molecule has 1 fully saturated rings. The van der Waals surface area contributed by atoms with Crippen molar-refractivity contribution in [3.05, 3.63) is 0 Å². The van der Waals surface area contributed by atoms with Crippen molar-refractivity contribution in [3.8, 4) is 0 Å². The summed E-state index contributed by atoms with van der Waals surface area (Å²) < 4.78 is 25.9. The van der Waals surface area contributed by atoms with Crippen LogP contribution in [0.25, 0.3) is 0 Å². The zero-order chi connectivity index (χ0) is 9.35. The predicted octanol–water partition coefficient (Wildman–Crippen LogP) is 0.107. The van der Waals surface area contributed by atoms with E-state index in [0.29, 0.717) is 0 Å². The molecule has 72 valence electrons. The van der Waals surface area contributed by atoms with Gasteiger partial charge in [0, 0.05) is 12.5 Å². The molecule has 0 aromatic heterocycles. The first-order chi connectivity index (χ1) is 5.54. The van der Waals surface area contributed by atoms with Gasteiger partial charge in [-0.2, -0.15) is 0 Å². The minimum Gasteiger partial charge on any atom is -0.396 e.